The minimum absolute atomic E-state index is 0.0603. The maximum absolute atomic E-state index is 12.4. The minimum atomic E-state index is -3.00. The molecule has 1 unspecified atom stereocenters. The summed E-state index contributed by atoms with van der Waals surface area (Å²) < 4.78 is 17.8. The van der Waals surface area contributed by atoms with Crippen LogP contribution in [0.25, 0.3) is 0 Å². The molecule has 0 aromatic heterocycles. The van der Waals surface area contributed by atoms with E-state index in [1.165, 1.54) is 0 Å². The molecule has 0 saturated carbocycles. The molecule has 82 valence electrons. The van der Waals surface area contributed by atoms with E-state index in [2.05, 4.69) is 0 Å². The maximum Gasteiger partial charge on any atom is 0.239 e. The molecule has 0 amide bonds. The molecule has 1 aromatic rings. The predicted octanol–water partition coefficient (Wildman–Crippen LogP) is 2.21. The van der Waals surface area contributed by atoms with E-state index < -0.39 is 7.37 Å². The third-order valence-electron chi connectivity index (χ3n) is 1.85. The Balaban J connectivity index is 3.01. The van der Waals surface area contributed by atoms with Gasteiger partial charge >= 0.3 is 0 Å². The van der Waals surface area contributed by atoms with Gasteiger partial charge in [-0.3, -0.25) is 4.57 Å². The third kappa shape index (κ3) is 3.29. The van der Waals surface area contributed by atoms with Crippen molar-refractivity contribution in [3.05, 3.63) is 30.3 Å². The maximum atomic E-state index is 12.4. The summed E-state index contributed by atoms with van der Waals surface area (Å²) >= 11 is 0. The predicted molar refractivity (Wildman–Crippen MR) is 60.8 cm³/mol. The molecule has 4 heteroatoms. The van der Waals surface area contributed by atoms with Crippen LogP contribution in [0, 0.1) is 0 Å². The van der Waals surface area contributed by atoms with Crippen molar-refractivity contribution in [3.63, 3.8) is 0 Å². The summed E-state index contributed by atoms with van der Waals surface area (Å²) in [5, 5.41) is 0.603. The molecule has 1 aromatic carbocycles. The van der Waals surface area contributed by atoms with E-state index in [1.54, 1.807) is 38.1 Å². The summed E-state index contributed by atoms with van der Waals surface area (Å²) in [6.45, 7) is 3.61. The van der Waals surface area contributed by atoms with Crippen molar-refractivity contribution in [3.8, 4) is 0 Å². The average Bonchev–Trinajstić information content (AvgIpc) is 2.18. The Kier molecular flexibility index (Phi) is 4.25. The Bertz CT molecular complexity index is 359. The first-order chi connectivity index (χ1) is 7.08. The van der Waals surface area contributed by atoms with Gasteiger partial charge < -0.3 is 9.32 Å². The molecule has 3 nitrogen and oxygen atoms in total. The lowest BCUT2D eigenvalue weighted by Crippen LogP contribution is -2.14. The van der Waals surface area contributed by atoms with Gasteiger partial charge in [-0.1, -0.05) is 18.2 Å². The summed E-state index contributed by atoms with van der Waals surface area (Å²) in [6, 6.07) is 8.87. The summed E-state index contributed by atoms with van der Waals surface area (Å²) in [4.78, 5) is 10.5. The molecule has 0 bridgehead atoms. The van der Waals surface area contributed by atoms with Crippen LogP contribution in [0.4, 0.5) is 0 Å². The first kappa shape index (κ1) is 12.2. The molecule has 0 N–H and O–H groups in total. The van der Waals surface area contributed by atoms with Gasteiger partial charge in [0, 0.05) is 5.30 Å². The lowest BCUT2D eigenvalue weighted by molar-refractivity contribution is -0.105. The van der Waals surface area contributed by atoms with E-state index >= 15 is 0 Å². The van der Waals surface area contributed by atoms with Crippen molar-refractivity contribution in [2.45, 2.75) is 20.0 Å². The lowest BCUT2D eigenvalue weighted by atomic mass is 10.4. The van der Waals surface area contributed by atoms with E-state index in [0.29, 0.717) is 11.6 Å². The second kappa shape index (κ2) is 5.24. The highest BCUT2D eigenvalue weighted by atomic mass is 31.2. The van der Waals surface area contributed by atoms with E-state index in [0.717, 1.165) is 0 Å². The molecular weight excluding hydrogens is 211 g/mol. The first-order valence-corrected chi connectivity index (χ1v) is 6.66. The van der Waals surface area contributed by atoms with Gasteiger partial charge in [0.05, 0.1) is 12.3 Å². The number of carbonyl (C=O) groups is 1. The normalized spacial score (nSPS) is 14.9. The summed E-state index contributed by atoms with van der Waals surface area (Å²) in [5.41, 5.74) is 0. The Hall–Kier alpha value is -0.920. The number of rotatable bonds is 5. The highest BCUT2D eigenvalue weighted by Crippen LogP contribution is 2.45. The molecule has 1 atom stereocenters. The van der Waals surface area contributed by atoms with Crippen LogP contribution in [0.2, 0.25) is 0 Å². The molecule has 0 fully saturated rings. The monoisotopic (exact) mass is 226 g/mol. The molecule has 15 heavy (non-hydrogen) atoms. The molecule has 0 saturated heterocycles. The molecule has 0 radical (unpaired) electrons. The van der Waals surface area contributed by atoms with Crippen molar-refractivity contribution >= 4 is 19.0 Å². The smallest absolute Gasteiger partial charge is 0.239 e. The average molecular weight is 226 g/mol. The van der Waals surface area contributed by atoms with Crippen molar-refractivity contribution in [2.75, 3.05) is 6.16 Å². The van der Waals surface area contributed by atoms with Gasteiger partial charge in [0.2, 0.25) is 7.37 Å². The van der Waals surface area contributed by atoms with E-state index in [1.807, 2.05) is 6.07 Å². The summed E-state index contributed by atoms with van der Waals surface area (Å²) in [6.07, 6.45) is 0.432. The second-order valence-corrected chi connectivity index (χ2v) is 5.95. The van der Waals surface area contributed by atoms with Gasteiger partial charge in [-0.25, -0.2) is 0 Å². The molecule has 0 aliphatic carbocycles. The van der Waals surface area contributed by atoms with E-state index in [9.17, 15) is 9.36 Å². The van der Waals surface area contributed by atoms with Crippen LogP contribution in [0.15, 0.2) is 30.3 Å². The standard InChI is InChI=1S/C11H15O3P/c1-10(2)14-15(13,9-8-12)11-6-4-3-5-7-11/h3-8,10H,9H2,1-2H3. The fourth-order valence-electron chi connectivity index (χ4n) is 1.30. The van der Waals surface area contributed by atoms with Gasteiger partial charge in [0.1, 0.15) is 6.29 Å². The molecule has 1 rings (SSSR count). The second-order valence-electron chi connectivity index (χ2n) is 3.51. The van der Waals surface area contributed by atoms with E-state index in [-0.39, 0.29) is 12.3 Å². The molecule has 0 aliphatic rings. The lowest BCUT2D eigenvalue weighted by Gasteiger charge is -2.19. The van der Waals surface area contributed by atoms with Crippen LogP contribution in [-0.4, -0.2) is 18.6 Å². The molecule has 0 spiro atoms. The van der Waals surface area contributed by atoms with Gasteiger partial charge in [0.15, 0.2) is 0 Å². The van der Waals surface area contributed by atoms with Gasteiger partial charge in [0.25, 0.3) is 0 Å². The zero-order valence-electron chi connectivity index (χ0n) is 8.92. The van der Waals surface area contributed by atoms with Crippen LogP contribution < -0.4 is 5.30 Å². The SMILES string of the molecule is CC(C)OP(=O)(CC=O)c1ccccc1. The minimum Gasteiger partial charge on any atom is -0.322 e. The number of carbonyl (C=O) groups excluding carboxylic acids is 1. The van der Waals surface area contributed by atoms with Crippen molar-refractivity contribution in [1.29, 1.82) is 0 Å². The third-order valence-corrected chi connectivity index (χ3v) is 4.32. The molecule has 0 aliphatic heterocycles. The van der Waals surface area contributed by atoms with Gasteiger partial charge in [-0.05, 0) is 26.0 Å². The topological polar surface area (TPSA) is 43.4 Å². The highest BCUT2D eigenvalue weighted by Gasteiger charge is 2.26. The van der Waals surface area contributed by atoms with Gasteiger partial charge in [-0.15, -0.1) is 0 Å². The Morgan fingerprint density at radius 1 is 1.33 bits per heavy atom. The highest BCUT2D eigenvalue weighted by molar-refractivity contribution is 7.67. The van der Waals surface area contributed by atoms with Crippen molar-refractivity contribution in [1.82, 2.24) is 0 Å². The summed E-state index contributed by atoms with van der Waals surface area (Å²) in [7, 11) is -3.00. The number of hydrogen-bond acceptors (Lipinski definition) is 3. The van der Waals surface area contributed by atoms with Gasteiger partial charge in [-0.2, -0.15) is 0 Å². The molecular formula is C11H15O3P. The van der Waals surface area contributed by atoms with Crippen LogP contribution in [0.5, 0.6) is 0 Å². The number of benzene rings is 1. The van der Waals surface area contributed by atoms with Crippen LogP contribution in [0.1, 0.15) is 13.8 Å². The quantitative estimate of drug-likeness (QED) is 0.571. The fraction of sp³-hybridized carbons (Fsp3) is 0.364. The van der Waals surface area contributed by atoms with E-state index in [4.69, 9.17) is 4.52 Å². The zero-order chi connectivity index (χ0) is 11.3. The Labute approximate surface area is 89.9 Å². The number of aldehydes is 1. The largest absolute Gasteiger partial charge is 0.322 e. The zero-order valence-corrected chi connectivity index (χ0v) is 9.81. The van der Waals surface area contributed by atoms with Crippen LogP contribution in [0.3, 0.4) is 0 Å². The number of hydrogen-bond donors (Lipinski definition) is 0. The Morgan fingerprint density at radius 3 is 2.40 bits per heavy atom. The van der Waals surface area contributed by atoms with Crippen LogP contribution in [-0.2, 0) is 13.9 Å². The molecule has 0 heterocycles. The van der Waals surface area contributed by atoms with Crippen molar-refractivity contribution in [2.24, 2.45) is 0 Å². The Morgan fingerprint density at radius 2 is 1.93 bits per heavy atom. The van der Waals surface area contributed by atoms with Crippen molar-refractivity contribution < 1.29 is 13.9 Å². The summed E-state index contributed by atoms with van der Waals surface area (Å²) in [5.74, 6) is 0. The first-order valence-electron chi connectivity index (χ1n) is 4.85. The fourth-order valence-corrected chi connectivity index (χ4v) is 3.23. The van der Waals surface area contributed by atoms with Crippen LogP contribution >= 0.6 is 7.37 Å².